The van der Waals surface area contributed by atoms with E-state index in [-0.39, 0.29) is 0 Å². The van der Waals surface area contributed by atoms with Crippen LogP contribution in [-0.4, -0.2) is 7.11 Å². The van der Waals surface area contributed by atoms with Crippen LogP contribution in [-0.2, 0) is 12.3 Å². The predicted molar refractivity (Wildman–Crippen MR) is 83.5 cm³/mol. The first-order valence-corrected chi connectivity index (χ1v) is 7.28. The molecule has 0 N–H and O–H groups in total. The van der Waals surface area contributed by atoms with E-state index in [4.69, 9.17) is 32.7 Å². The van der Waals surface area contributed by atoms with Gasteiger partial charge in [-0.1, -0.05) is 30.7 Å². The molecule has 0 heterocycles. The normalized spacial score (nSPS) is 10.4. The highest BCUT2D eigenvalue weighted by Gasteiger charge is 2.10. The van der Waals surface area contributed by atoms with E-state index in [1.165, 1.54) is 5.56 Å². The summed E-state index contributed by atoms with van der Waals surface area (Å²) < 4.78 is 11.3. The molecule has 2 rings (SSSR count). The summed E-state index contributed by atoms with van der Waals surface area (Å²) in [6, 6.07) is 11.3. The van der Waals surface area contributed by atoms with Gasteiger partial charge < -0.3 is 9.47 Å². The van der Waals surface area contributed by atoms with Gasteiger partial charge in [-0.15, -0.1) is 11.6 Å². The molecule has 0 aliphatic carbocycles. The zero-order valence-corrected chi connectivity index (χ0v) is 13.0. The Morgan fingerprint density at radius 3 is 2.45 bits per heavy atom. The van der Waals surface area contributed by atoms with Gasteiger partial charge in [0.1, 0.15) is 5.75 Å². The third-order valence-electron chi connectivity index (χ3n) is 3.03. The standard InChI is InChI=1S/C16H16Cl2O2/c1-3-11-4-7-14(16(8-11)19-2)20-15-9-13(18)6-5-12(15)10-17/h4-9H,3,10H2,1-2H3. The lowest BCUT2D eigenvalue weighted by atomic mass is 10.1. The van der Waals surface area contributed by atoms with Crippen molar-refractivity contribution in [2.75, 3.05) is 7.11 Å². The maximum atomic E-state index is 6.01. The average Bonchev–Trinajstić information content (AvgIpc) is 2.48. The van der Waals surface area contributed by atoms with Crippen LogP contribution in [0.15, 0.2) is 36.4 Å². The molecular formula is C16H16Cl2O2. The maximum absolute atomic E-state index is 6.01. The Bertz CT molecular complexity index is 597. The lowest BCUT2D eigenvalue weighted by Gasteiger charge is -2.14. The van der Waals surface area contributed by atoms with Crippen molar-refractivity contribution in [2.24, 2.45) is 0 Å². The molecule has 0 radical (unpaired) electrons. The summed E-state index contributed by atoms with van der Waals surface area (Å²) in [4.78, 5) is 0. The van der Waals surface area contributed by atoms with Crippen molar-refractivity contribution in [1.82, 2.24) is 0 Å². The number of aryl methyl sites for hydroxylation is 1. The molecule has 0 bridgehead atoms. The van der Waals surface area contributed by atoms with Crippen molar-refractivity contribution in [3.63, 3.8) is 0 Å². The fourth-order valence-electron chi connectivity index (χ4n) is 1.87. The zero-order chi connectivity index (χ0) is 14.5. The first-order valence-electron chi connectivity index (χ1n) is 6.37. The lowest BCUT2D eigenvalue weighted by Crippen LogP contribution is -1.94. The van der Waals surface area contributed by atoms with Gasteiger partial charge in [0, 0.05) is 10.6 Å². The van der Waals surface area contributed by atoms with Crippen LogP contribution in [0.1, 0.15) is 18.1 Å². The second kappa shape index (κ2) is 6.87. The molecule has 0 aliphatic heterocycles. The summed E-state index contributed by atoms with van der Waals surface area (Å²) in [5, 5.41) is 0.609. The Labute approximate surface area is 129 Å². The van der Waals surface area contributed by atoms with Crippen molar-refractivity contribution in [3.8, 4) is 17.2 Å². The van der Waals surface area contributed by atoms with Gasteiger partial charge in [-0.3, -0.25) is 0 Å². The van der Waals surface area contributed by atoms with E-state index in [1.807, 2.05) is 24.3 Å². The second-order valence-electron chi connectivity index (χ2n) is 4.33. The molecule has 20 heavy (non-hydrogen) atoms. The largest absolute Gasteiger partial charge is 0.493 e. The van der Waals surface area contributed by atoms with Crippen LogP contribution >= 0.6 is 23.2 Å². The van der Waals surface area contributed by atoms with Crippen LogP contribution < -0.4 is 9.47 Å². The van der Waals surface area contributed by atoms with E-state index in [0.29, 0.717) is 28.2 Å². The van der Waals surface area contributed by atoms with E-state index in [0.717, 1.165) is 12.0 Å². The van der Waals surface area contributed by atoms with Crippen LogP contribution in [0.3, 0.4) is 0 Å². The Kier molecular flexibility index (Phi) is 5.16. The topological polar surface area (TPSA) is 18.5 Å². The molecule has 0 unspecified atom stereocenters. The minimum absolute atomic E-state index is 0.363. The van der Waals surface area contributed by atoms with Crippen molar-refractivity contribution in [2.45, 2.75) is 19.2 Å². The van der Waals surface area contributed by atoms with Crippen molar-refractivity contribution in [3.05, 3.63) is 52.5 Å². The molecule has 2 aromatic carbocycles. The van der Waals surface area contributed by atoms with Gasteiger partial charge in [0.25, 0.3) is 0 Å². The quantitative estimate of drug-likeness (QED) is 0.684. The smallest absolute Gasteiger partial charge is 0.169 e. The zero-order valence-electron chi connectivity index (χ0n) is 11.5. The Morgan fingerprint density at radius 1 is 1.00 bits per heavy atom. The number of halogens is 2. The summed E-state index contributed by atoms with van der Waals surface area (Å²) in [7, 11) is 1.63. The molecule has 4 heteroatoms. The van der Waals surface area contributed by atoms with Crippen LogP contribution in [0, 0.1) is 0 Å². The third kappa shape index (κ3) is 3.38. The molecule has 0 saturated heterocycles. The third-order valence-corrected chi connectivity index (χ3v) is 3.55. The van der Waals surface area contributed by atoms with Gasteiger partial charge in [-0.05, 0) is 36.2 Å². The van der Waals surface area contributed by atoms with Crippen molar-refractivity contribution < 1.29 is 9.47 Å². The van der Waals surface area contributed by atoms with Crippen LogP contribution in [0.2, 0.25) is 5.02 Å². The maximum Gasteiger partial charge on any atom is 0.169 e. The summed E-state index contributed by atoms with van der Waals surface area (Å²) in [5.41, 5.74) is 2.08. The number of hydrogen-bond acceptors (Lipinski definition) is 2. The molecule has 0 aliphatic rings. The highest BCUT2D eigenvalue weighted by atomic mass is 35.5. The number of benzene rings is 2. The number of ether oxygens (including phenoxy) is 2. The van der Waals surface area contributed by atoms with Crippen LogP contribution in [0.5, 0.6) is 17.2 Å². The first-order chi connectivity index (χ1) is 9.67. The van der Waals surface area contributed by atoms with Gasteiger partial charge in [0.2, 0.25) is 0 Å². The van der Waals surface area contributed by atoms with E-state index in [2.05, 4.69) is 6.92 Å². The molecule has 0 atom stereocenters. The van der Waals surface area contributed by atoms with Crippen LogP contribution in [0.4, 0.5) is 0 Å². The van der Waals surface area contributed by atoms with E-state index in [1.54, 1.807) is 19.2 Å². The van der Waals surface area contributed by atoms with Gasteiger partial charge in [0.15, 0.2) is 11.5 Å². The predicted octanol–water partition coefficient (Wildman–Crippen LogP) is 5.44. The molecule has 2 nitrogen and oxygen atoms in total. The SMILES string of the molecule is CCc1ccc(Oc2cc(Cl)ccc2CCl)c(OC)c1. The molecule has 2 aromatic rings. The summed E-state index contributed by atoms with van der Waals surface area (Å²) in [6.07, 6.45) is 0.945. The fourth-order valence-corrected chi connectivity index (χ4v) is 2.25. The first kappa shape index (κ1) is 15.0. The average molecular weight is 311 g/mol. The van der Waals surface area contributed by atoms with Crippen molar-refractivity contribution in [1.29, 1.82) is 0 Å². The van der Waals surface area contributed by atoms with Gasteiger partial charge in [0.05, 0.1) is 13.0 Å². The number of alkyl halides is 1. The number of hydrogen-bond donors (Lipinski definition) is 0. The van der Waals surface area contributed by atoms with Gasteiger partial charge in [-0.2, -0.15) is 0 Å². The van der Waals surface area contributed by atoms with E-state index >= 15 is 0 Å². The fraction of sp³-hybridized carbons (Fsp3) is 0.250. The summed E-state index contributed by atoms with van der Waals surface area (Å²) in [5.74, 6) is 2.36. The van der Waals surface area contributed by atoms with Crippen molar-refractivity contribution >= 4 is 23.2 Å². The highest BCUT2D eigenvalue weighted by Crippen LogP contribution is 2.35. The molecule has 0 spiro atoms. The molecule has 0 amide bonds. The minimum atomic E-state index is 0.363. The molecule has 0 saturated carbocycles. The summed E-state index contributed by atoms with van der Waals surface area (Å²) in [6.45, 7) is 2.10. The molecular weight excluding hydrogens is 295 g/mol. The summed E-state index contributed by atoms with van der Waals surface area (Å²) >= 11 is 11.9. The Hall–Kier alpha value is -1.38. The number of methoxy groups -OCH3 is 1. The van der Waals surface area contributed by atoms with Gasteiger partial charge >= 0.3 is 0 Å². The highest BCUT2D eigenvalue weighted by molar-refractivity contribution is 6.30. The Balaban J connectivity index is 2.36. The van der Waals surface area contributed by atoms with E-state index in [9.17, 15) is 0 Å². The minimum Gasteiger partial charge on any atom is -0.493 e. The Morgan fingerprint density at radius 2 is 1.80 bits per heavy atom. The van der Waals surface area contributed by atoms with Gasteiger partial charge in [-0.25, -0.2) is 0 Å². The second-order valence-corrected chi connectivity index (χ2v) is 5.03. The molecule has 0 fully saturated rings. The lowest BCUT2D eigenvalue weighted by molar-refractivity contribution is 0.377. The monoisotopic (exact) mass is 310 g/mol. The van der Waals surface area contributed by atoms with Crippen LogP contribution in [0.25, 0.3) is 0 Å². The number of rotatable bonds is 5. The van der Waals surface area contributed by atoms with E-state index < -0.39 is 0 Å². The molecule has 106 valence electrons. The molecule has 0 aromatic heterocycles.